The van der Waals surface area contributed by atoms with Gasteiger partial charge in [0.15, 0.2) is 0 Å². The SMILES string of the molecule is CC(C)c1ccc(NCC(=O)N2CCCCCC2)cc1. The van der Waals surface area contributed by atoms with Gasteiger partial charge in [-0.05, 0) is 36.5 Å². The number of amides is 1. The minimum atomic E-state index is 0.222. The lowest BCUT2D eigenvalue weighted by Crippen LogP contribution is -2.36. The topological polar surface area (TPSA) is 32.3 Å². The van der Waals surface area contributed by atoms with E-state index < -0.39 is 0 Å². The third-order valence-corrected chi connectivity index (χ3v) is 3.98. The van der Waals surface area contributed by atoms with Crippen molar-refractivity contribution in [1.29, 1.82) is 0 Å². The molecule has 1 heterocycles. The van der Waals surface area contributed by atoms with Crippen molar-refractivity contribution >= 4 is 11.6 Å². The Morgan fingerprint density at radius 1 is 1.10 bits per heavy atom. The summed E-state index contributed by atoms with van der Waals surface area (Å²) in [6.45, 7) is 6.62. The average Bonchev–Trinajstić information content (AvgIpc) is 2.74. The summed E-state index contributed by atoms with van der Waals surface area (Å²) in [4.78, 5) is 14.2. The molecule has 0 spiro atoms. The molecule has 0 bridgehead atoms. The highest BCUT2D eigenvalue weighted by molar-refractivity contribution is 5.80. The largest absolute Gasteiger partial charge is 0.376 e. The second-order valence-electron chi connectivity index (χ2n) is 5.93. The van der Waals surface area contributed by atoms with Crippen LogP contribution < -0.4 is 5.32 Å². The Bertz CT molecular complexity index is 417. The Morgan fingerprint density at radius 2 is 1.70 bits per heavy atom. The van der Waals surface area contributed by atoms with Gasteiger partial charge in [-0.15, -0.1) is 0 Å². The summed E-state index contributed by atoms with van der Waals surface area (Å²) in [5.41, 5.74) is 2.35. The molecule has 1 amide bonds. The third-order valence-electron chi connectivity index (χ3n) is 3.98. The number of carbonyl (C=O) groups is 1. The van der Waals surface area contributed by atoms with Crippen LogP contribution in [0.2, 0.25) is 0 Å². The minimum Gasteiger partial charge on any atom is -0.376 e. The molecule has 0 saturated carbocycles. The fourth-order valence-corrected chi connectivity index (χ4v) is 2.60. The Hall–Kier alpha value is -1.51. The molecule has 1 saturated heterocycles. The molecule has 1 aliphatic rings. The van der Waals surface area contributed by atoms with Gasteiger partial charge in [-0.25, -0.2) is 0 Å². The van der Waals surface area contributed by atoms with Gasteiger partial charge >= 0.3 is 0 Å². The van der Waals surface area contributed by atoms with Gasteiger partial charge in [-0.1, -0.05) is 38.8 Å². The maximum absolute atomic E-state index is 12.2. The third kappa shape index (κ3) is 4.26. The van der Waals surface area contributed by atoms with Crippen LogP contribution in [0.1, 0.15) is 51.0 Å². The van der Waals surface area contributed by atoms with Gasteiger partial charge in [-0.2, -0.15) is 0 Å². The van der Waals surface area contributed by atoms with Crippen molar-refractivity contribution in [3.05, 3.63) is 29.8 Å². The summed E-state index contributed by atoms with van der Waals surface area (Å²) in [6, 6.07) is 8.38. The Morgan fingerprint density at radius 3 is 2.25 bits per heavy atom. The van der Waals surface area contributed by atoms with E-state index in [1.165, 1.54) is 18.4 Å². The van der Waals surface area contributed by atoms with Gasteiger partial charge in [0.1, 0.15) is 0 Å². The van der Waals surface area contributed by atoms with Crippen LogP contribution in [0.4, 0.5) is 5.69 Å². The zero-order valence-electron chi connectivity index (χ0n) is 12.7. The lowest BCUT2D eigenvalue weighted by atomic mass is 10.0. The summed E-state index contributed by atoms with van der Waals surface area (Å²) in [5, 5.41) is 3.24. The van der Waals surface area contributed by atoms with E-state index in [9.17, 15) is 4.79 Å². The van der Waals surface area contributed by atoms with Crippen molar-refractivity contribution < 1.29 is 4.79 Å². The highest BCUT2D eigenvalue weighted by Gasteiger charge is 2.14. The van der Waals surface area contributed by atoms with Crippen molar-refractivity contribution in [3.8, 4) is 0 Å². The smallest absolute Gasteiger partial charge is 0.241 e. The van der Waals surface area contributed by atoms with Crippen LogP contribution >= 0.6 is 0 Å². The predicted octanol–water partition coefficient (Wildman–Crippen LogP) is 3.62. The van der Waals surface area contributed by atoms with Crippen LogP contribution in [-0.2, 0) is 4.79 Å². The van der Waals surface area contributed by atoms with Gasteiger partial charge in [0.05, 0.1) is 6.54 Å². The molecular formula is C17H26N2O. The summed E-state index contributed by atoms with van der Waals surface area (Å²) < 4.78 is 0. The van der Waals surface area contributed by atoms with Crippen molar-refractivity contribution in [2.75, 3.05) is 25.0 Å². The second kappa shape index (κ2) is 7.32. The predicted molar refractivity (Wildman–Crippen MR) is 84.1 cm³/mol. The molecular weight excluding hydrogens is 248 g/mol. The molecule has 3 nitrogen and oxygen atoms in total. The first-order chi connectivity index (χ1) is 9.66. The van der Waals surface area contributed by atoms with Gasteiger partial charge in [0.2, 0.25) is 5.91 Å². The first-order valence-corrected chi connectivity index (χ1v) is 7.78. The molecule has 1 aliphatic heterocycles. The number of hydrogen-bond donors (Lipinski definition) is 1. The molecule has 20 heavy (non-hydrogen) atoms. The highest BCUT2D eigenvalue weighted by Crippen LogP contribution is 2.17. The van der Waals surface area contributed by atoms with Crippen LogP contribution in [0.3, 0.4) is 0 Å². The standard InChI is InChI=1S/C17H26N2O/c1-14(2)15-7-9-16(10-8-15)18-13-17(20)19-11-5-3-4-6-12-19/h7-10,14,18H,3-6,11-13H2,1-2H3. The zero-order valence-corrected chi connectivity index (χ0v) is 12.7. The number of hydrogen-bond acceptors (Lipinski definition) is 2. The maximum Gasteiger partial charge on any atom is 0.241 e. The quantitative estimate of drug-likeness (QED) is 0.909. The Balaban J connectivity index is 1.83. The maximum atomic E-state index is 12.2. The van der Waals surface area contributed by atoms with Crippen molar-refractivity contribution in [2.45, 2.75) is 45.4 Å². The molecule has 0 atom stereocenters. The molecule has 0 aliphatic carbocycles. The van der Waals surface area contributed by atoms with E-state index in [4.69, 9.17) is 0 Å². The number of benzene rings is 1. The monoisotopic (exact) mass is 274 g/mol. The van der Waals surface area contributed by atoms with Crippen molar-refractivity contribution in [1.82, 2.24) is 4.90 Å². The van der Waals surface area contributed by atoms with E-state index in [0.29, 0.717) is 12.5 Å². The lowest BCUT2D eigenvalue weighted by molar-refractivity contribution is -0.129. The molecule has 0 aromatic heterocycles. The average molecular weight is 274 g/mol. The van der Waals surface area contributed by atoms with Gasteiger partial charge in [-0.3, -0.25) is 4.79 Å². The van der Waals surface area contributed by atoms with E-state index in [2.05, 4.69) is 43.4 Å². The number of nitrogens with zero attached hydrogens (tertiary/aromatic N) is 1. The molecule has 110 valence electrons. The van der Waals surface area contributed by atoms with E-state index in [-0.39, 0.29) is 5.91 Å². The Labute approximate surface area is 122 Å². The number of carbonyl (C=O) groups excluding carboxylic acids is 1. The lowest BCUT2D eigenvalue weighted by Gasteiger charge is -2.20. The van der Waals surface area contributed by atoms with E-state index >= 15 is 0 Å². The van der Waals surface area contributed by atoms with E-state index in [1.54, 1.807) is 0 Å². The molecule has 0 unspecified atom stereocenters. The van der Waals surface area contributed by atoms with Gasteiger partial charge in [0, 0.05) is 18.8 Å². The fraction of sp³-hybridized carbons (Fsp3) is 0.588. The molecule has 1 aromatic rings. The van der Waals surface area contributed by atoms with Crippen molar-refractivity contribution in [3.63, 3.8) is 0 Å². The summed E-state index contributed by atoms with van der Waals surface area (Å²) in [6.07, 6.45) is 4.81. The fourth-order valence-electron chi connectivity index (χ4n) is 2.60. The van der Waals surface area contributed by atoms with Crippen LogP contribution in [0.5, 0.6) is 0 Å². The van der Waals surface area contributed by atoms with Crippen LogP contribution in [0, 0.1) is 0 Å². The van der Waals surface area contributed by atoms with E-state index in [0.717, 1.165) is 31.6 Å². The number of likely N-dealkylation sites (tertiary alicyclic amines) is 1. The highest BCUT2D eigenvalue weighted by atomic mass is 16.2. The number of rotatable bonds is 4. The molecule has 1 N–H and O–H groups in total. The molecule has 1 fully saturated rings. The molecule has 1 aromatic carbocycles. The number of nitrogens with one attached hydrogen (secondary N) is 1. The summed E-state index contributed by atoms with van der Waals surface area (Å²) >= 11 is 0. The van der Waals surface area contributed by atoms with Crippen molar-refractivity contribution in [2.24, 2.45) is 0 Å². The first-order valence-electron chi connectivity index (χ1n) is 7.78. The van der Waals surface area contributed by atoms with Gasteiger partial charge < -0.3 is 10.2 Å². The molecule has 2 rings (SSSR count). The van der Waals surface area contributed by atoms with Crippen LogP contribution in [0.25, 0.3) is 0 Å². The van der Waals surface area contributed by atoms with Gasteiger partial charge in [0.25, 0.3) is 0 Å². The minimum absolute atomic E-state index is 0.222. The second-order valence-corrected chi connectivity index (χ2v) is 5.93. The summed E-state index contributed by atoms with van der Waals surface area (Å²) in [5.74, 6) is 0.766. The molecule has 3 heteroatoms. The van der Waals surface area contributed by atoms with E-state index in [1.807, 2.05) is 4.90 Å². The summed E-state index contributed by atoms with van der Waals surface area (Å²) in [7, 11) is 0. The first kappa shape index (κ1) is 14.9. The molecule has 0 radical (unpaired) electrons. The Kier molecular flexibility index (Phi) is 5.45. The van der Waals surface area contributed by atoms with Crippen LogP contribution in [0.15, 0.2) is 24.3 Å². The zero-order chi connectivity index (χ0) is 14.4. The normalized spacial score (nSPS) is 16.1. The number of anilines is 1. The van der Waals surface area contributed by atoms with Crippen LogP contribution in [-0.4, -0.2) is 30.4 Å².